The summed E-state index contributed by atoms with van der Waals surface area (Å²) in [5.41, 5.74) is 9.96. The van der Waals surface area contributed by atoms with Gasteiger partial charge in [-0.3, -0.25) is 14.6 Å². The van der Waals surface area contributed by atoms with Crippen molar-refractivity contribution in [1.29, 1.82) is 0 Å². The maximum Gasteiger partial charge on any atom is 0.339 e. The molecule has 164 valence electrons. The quantitative estimate of drug-likeness (QED) is 0.579. The fraction of sp³-hybridized carbons (Fsp3) is 0.333. The second kappa shape index (κ2) is 8.02. The molecule has 0 aliphatic heterocycles. The van der Waals surface area contributed by atoms with Crippen LogP contribution in [0.15, 0.2) is 24.3 Å². The molecule has 3 N–H and O–H groups in total. The highest BCUT2D eigenvalue weighted by atomic mass is 32.1. The van der Waals surface area contributed by atoms with Crippen molar-refractivity contribution in [3.8, 4) is 0 Å². The zero-order chi connectivity index (χ0) is 22.4. The Hall–Kier alpha value is -3.26. The first-order valence-electron chi connectivity index (χ1n) is 10.8. The van der Waals surface area contributed by atoms with Crippen LogP contribution in [0.4, 0.5) is 5.00 Å². The van der Waals surface area contributed by atoms with E-state index in [1.165, 1.54) is 18.3 Å². The van der Waals surface area contributed by atoms with E-state index >= 15 is 0 Å². The van der Waals surface area contributed by atoms with Crippen molar-refractivity contribution in [3.63, 3.8) is 0 Å². The molecule has 1 unspecified atom stereocenters. The maximum atomic E-state index is 13.2. The van der Waals surface area contributed by atoms with Crippen molar-refractivity contribution < 1.29 is 19.1 Å². The van der Waals surface area contributed by atoms with E-state index in [1.807, 2.05) is 24.3 Å². The predicted molar refractivity (Wildman–Crippen MR) is 122 cm³/mol. The van der Waals surface area contributed by atoms with Crippen LogP contribution >= 0.6 is 11.3 Å². The first-order valence-corrected chi connectivity index (χ1v) is 11.6. The van der Waals surface area contributed by atoms with Crippen LogP contribution in [-0.2, 0) is 35.2 Å². The highest BCUT2D eigenvalue weighted by Crippen LogP contribution is 2.39. The number of fused-ring (bicyclic) bond motifs is 3. The van der Waals surface area contributed by atoms with Crippen molar-refractivity contribution >= 4 is 45.0 Å². The Morgan fingerprint density at radius 3 is 2.62 bits per heavy atom. The summed E-state index contributed by atoms with van der Waals surface area (Å²) in [6.45, 7) is 1.53. The maximum absolute atomic E-state index is 13.2. The number of thiophene rings is 1. The number of nitrogens with one attached hydrogen (secondary N) is 1. The van der Waals surface area contributed by atoms with E-state index in [4.69, 9.17) is 10.5 Å². The smallest absolute Gasteiger partial charge is 0.339 e. The molecule has 5 rings (SSSR count). The van der Waals surface area contributed by atoms with Gasteiger partial charge in [-0.05, 0) is 62.6 Å². The number of esters is 1. The lowest BCUT2D eigenvalue weighted by atomic mass is 10.0. The first-order chi connectivity index (χ1) is 15.4. The minimum Gasteiger partial charge on any atom is -0.449 e. The zero-order valence-corrected chi connectivity index (χ0v) is 18.5. The van der Waals surface area contributed by atoms with Crippen LogP contribution in [0.1, 0.15) is 62.2 Å². The lowest BCUT2D eigenvalue weighted by Crippen LogP contribution is -2.31. The lowest BCUT2D eigenvalue weighted by molar-refractivity contribution is -0.123. The Kier molecular flexibility index (Phi) is 5.17. The fourth-order valence-electron chi connectivity index (χ4n) is 4.68. The second-order valence-corrected chi connectivity index (χ2v) is 9.35. The van der Waals surface area contributed by atoms with Gasteiger partial charge in [0, 0.05) is 16.0 Å². The number of hydrogen-bond donors (Lipinski definition) is 2. The van der Waals surface area contributed by atoms with Gasteiger partial charge in [-0.2, -0.15) is 0 Å². The Labute approximate surface area is 189 Å². The molecule has 0 bridgehead atoms. The van der Waals surface area contributed by atoms with Crippen molar-refractivity contribution in [2.75, 3.05) is 5.32 Å². The van der Waals surface area contributed by atoms with Gasteiger partial charge in [0.25, 0.3) is 11.8 Å². The molecule has 1 atom stereocenters. The number of aryl methyl sites for hydroxylation is 2. The monoisotopic (exact) mass is 449 g/mol. The third-order valence-electron chi connectivity index (χ3n) is 6.18. The van der Waals surface area contributed by atoms with Crippen LogP contribution < -0.4 is 11.1 Å². The summed E-state index contributed by atoms with van der Waals surface area (Å²) < 4.78 is 5.59. The zero-order valence-electron chi connectivity index (χ0n) is 17.7. The molecular weight excluding hydrogens is 426 g/mol. The number of benzene rings is 1. The van der Waals surface area contributed by atoms with Gasteiger partial charge in [-0.25, -0.2) is 4.79 Å². The van der Waals surface area contributed by atoms with E-state index < -0.39 is 23.9 Å². The Bertz CT molecular complexity index is 1280. The molecule has 2 heterocycles. The van der Waals surface area contributed by atoms with E-state index in [2.05, 4.69) is 10.3 Å². The number of para-hydroxylation sites is 1. The SMILES string of the molecule is CC(OC(=O)c1c2c(nc3ccccc13)CCC2)C(=O)Nc1sc2c(c1C(N)=O)CCC2. The highest BCUT2D eigenvalue weighted by molar-refractivity contribution is 7.17. The Balaban J connectivity index is 1.39. The van der Waals surface area contributed by atoms with E-state index in [9.17, 15) is 14.4 Å². The molecule has 0 fully saturated rings. The number of hydrogen-bond acceptors (Lipinski definition) is 6. The Morgan fingerprint density at radius 2 is 1.81 bits per heavy atom. The normalized spacial score (nSPS) is 15.3. The van der Waals surface area contributed by atoms with Crippen molar-refractivity contribution in [2.45, 2.75) is 51.6 Å². The summed E-state index contributed by atoms with van der Waals surface area (Å²) in [5.74, 6) is -1.58. The van der Waals surface area contributed by atoms with Crippen molar-refractivity contribution in [1.82, 2.24) is 4.98 Å². The molecule has 0 saturated carbocycles. The summed E-state index contributed by atoms with van der Waals surface area (Å²) in [6.07, 6.45) is 4.13. The van der Waals surface area contributed by atoms with E-state index in [1.54, 1.807) is 0 Å². The number of nitrogens with zero attached hydrogens (tertiary/aromatic N) is 1. The second-order valence-electron chi connectivity index (χ2n) is 8.25. The van der Waals surface area contributed by atoms with Gasteiger partial charge in [0.15, 0.2) is 6.10 Å². The summed E-state index contributed by atoms with van der Waals surface area (Å²) in [6, 6.07) is 7.48. The van der Waals surface area contributed by atoms with E-state index in [0.29, 0.717) is 16.1 Å². The number of rotatable bonds is 5. The molecule has 7 nitrogen and oxygen atoms in total. The molecule has 2 aromatic heterocycles. The molecule has 2 aliphatic rings. The first kappa shape index (κ1) is 20.6. The van der Waals surface area contributed by atoms with Crippen LogP contribution in [0.5, 0.6) is 0 Å². The summed E-state index contributed by atoms with van der Waals surface area (Å²) in [7, 11) is 0. The highest BCUT2D eigenvalue weighted by Gasteiger charge is 2.30. The van der Waals surface area contributed by atoms with Crippen LogP contribution in [-0.4, -0.2) is 28.9 Å². The number of amides is 2. The molecule has 3 aromatic rings. The molecule has 2 aliphatic carbocycles. The largest absolute Gasteiger partial charge is 0.449 e. The van der Waals surface area contributed by atoms with Crippen molar-refractivity contribution in [3.05, 3.63) is 57.1 Å². The van der Waals surface area contributed by atoms with Crippen LogP contribution in [0, 0.1) is 0 Å². The summed E-state index contributed by atoms with van der Waals surface area (Å²) >= 11 is 1.37. The van der Waals surface area contributed by atoms with E-state index in [0.717, 1.165) is 71.1 Å². The number of pyridine rings is 1. The summed E-state index contributed by atoms with van der Waals surface area (Å²) in [5, 5.41) is 3.92. The van der Waals surface area contributed by atoms with Gasteiger partial charge in [-0.15, -0.1) is 11.3 Å². The number of primary amides is 1. The number of carbonyl (C=O) groups is 3. The lowest BCUT2D eigenvalue weighted by Gasteiger charge is -2.16. The topological polar surface area (TPSA) is 111 Å². The number of anilines is 1. The van der Waals surface area contributed by atoms with Gasteiger partial charge in [-0.1, -0.05) is 18.2 Å². The van der Waals surface area contributed by atoms with Gasteiger partial charge >= 0.3 is 5.97 Å². The summed E-state index contributed by atoms with van der Waals surface area (Å²) in [4.78, 5) is 43.8. The molecular formula is C24H23N3O4S. The minimum atomic E-state index is -1.04. The number of ether oxygens (including phenoxy) is 1. The number of nitrogens with two attached hydrogens (primary N) is 1. The van der Waals surface area contributed by atoms with Crippen LogP contribution in [0.2, 0.25) is 0 Å². The minimum absolute atomic E-state index is 0.382. The molecule has 0 saturated heterocycles. The van der Waals surface area contributed by atoms with E-state index in [-0.39, 0.29) is 0 Å². The number of aromatic nitrogens is 1. The molecule has 0 spiro atoms. The molecule has 1 aromatic carbocycles. The fourth-order valence-corrected chi connectivity index (χ4v) is 5.98. The predicted octanol–water partition coefficient (Wildman–Crippen LogP) is 3.56. The van der Waals surface area contributed by atoms with Crippen LogP contribution in [0.3, 0.4) is 0 Å². The third kappa shape index (κ3) is 3.44. The van der Waals surface area contributed by atoms with Gasteiger partial charge < -0.3 is 15.8 Å². The molecule has 0 radical (unpaired) electrons. The molecule has 8 heteroatoms. The van der Waals surface area contributed by atoms with Gasteiger partial charge in [0.1, 0.15) is 5.00 Å². The number of carbonyl (C=O) groups excluding carboxylic acids is 3. The van der Waals surface area contributed by atoms with Gasteiger partial charge in [0.05, 0.1) is 16.6 Å². The average Bonchev–Trinajstić information content (AvgIpc) is 3.47. The third-order valence-corrected chi connectivity index (χ3v) is 7.39. The Morgan fingerprint density at radius 1 is 1.06 bits per heavy atom. The molecule has 2 amide bonds. The van der Waals surface area contributed by atoms with Crippen LogP contribution in [0.25, 0.3) is 10.9 Å². The van der Waals surface area contributed by atoms with Crippen molar-refractivity contribution in [2.24, 2.45) is 5.73 Å². The average molecular weight is 450 g/mol. The van der Waals surface area contributed by atoms with Gasteiger partial charge in [0.2, 0.25) is 0 Å². The standard InChI is InChI=1S/C24H23N3O4S/c1-12(22(29)27-23-20(21(25)28)15-8-5-11-18(15)32-23)31-24(30)19-13-6-2-3-9-16(13)26-17-10-4-7-14(17)19/h2-3,6,9,12H,4-5,7-8,10-11H2,1H3,(H2,25,28)(H,27,29). The molecule has 32 heavy (non-hydrogen) atoms.